The van der Waals surface area contributed by atoms with Gasteiger partial charge < -0.3 is 19.2 Å². The van der Waals surface area contributed by atoms with Crippen LogP contribution in [0.15, 0.2) is 31.1 Å². The summed E-state index contributed by atoms with van der Waals surface area (Å²) in [5.41, 5.74) is 2.77. The molecule has 4 aromatic heterocycles. The topological polar surface area (TPSA) is 97.4 Å². The van der Waals surface area contributed by atoms with Gasteiger partial charge in [-0.3, -0.25) is 0 Å². The lowest BCUT2D eigenvalue weighted by atomic mass is 9.90. The van der Waals surface area contributed by atoms with E-state index in [1.54, 1.807) is 25.8 Å². The van der Waals surface area contributed by atoms with Crippen LogP contribution in [0.4, 0.5) is 0 Å². The van der Waals surface area contributed by atoms with Gasteiger partial charge in [0.25, 0.3) is 0 Å². The van der Waals surface area contributed by atoms with Crippen LogP contribution in [-0.2, 0) is 0 Å². The molecule has 0 unspecified atom stereocenters. The van der Waals surface area contributed by atoms with Crippen molar-refractivity contribution in [2.24, 2.45) is 0 Å². The van der Waals surface area contributed by atoms with Crippen molar-refractivity contribution in [2.75, 3.05) is 0 Å². The molecule has 0 saturated heterocycles. The number of hydrogen-bond acceptors (Lipinski definition) is 5. The molecule has 1 saturated carbocycles. The summed E-state index contributed by atoms with van der Waals surface area (Å²) >= 11 is 0. The van der Waals surface area contributed by atoms with E-state index in [1.807, 2.05) is 12.3 Å². The predicted molar refractivity (Wildman–Crippen MR) is 96.6 cm³/mol. The van der Waals surface area contributed by atoms with Crippen LogP contribution >= 0.6 is 0 Å². The minimum Gasteiger partial charge on any atom is -0.385 e. The number of nitrogens with zero attached hydrogens (tertiary/aromatic N) is 6. The first-order valence-corrected chi connectivity index (χ1v) is 9.08. The normalized spacial score (nSPS) is 22.2. The second kappa shape index (κ2) is 5.91. The number of pyridine rings is 1. The molecule has 5 rings (SSSR count). The van der Waals surface area contributed by atoms with E-state index in [1.165, 1.54) is 0 Å². The minimum absolute atomic E-state index is 0.317. The SMILES string of the molecule is C[C@@H](O)c1nc2cnc3[nH]ccc3c2n1C1CCC(n2cnnc2)CC1. The molecule has 1 atom stereocenters. The third-order valence-electron chi connectivity index (χ3n) is 5.52. The van der Waals surface area contributed by atoms with Crippen molar-refractivity contribution < 1.29 is 5.11 Å². The zero-order chi connectivity index (χ0) is 17.7. The average molecular weight is 351 g/mol. The van der Waals surface area contributed by atoms with Gasteiger partial charge in [0.05, 0.1) is 11.7 Å². The van der Waals surface area contributed by atoms with Crippen molar-refractivity contribution >= 4 is 22.1 Å². The number of aliphatic hydroxyl groups excluding tert-OH is 1. The van der Waals surface area contributed by atoms with Gasteiger partial charge >= 0.3 is 0 Å². The first-order chi connectivity index (χ1) is 12.7. The number of nitrogens with one attached hydrogen (secondary N) is 1. The quantitative estimate of drug-likeness (QED) is 0.591. The van der Waals surface area contributed by atoms with Crippen molar-refractivity contribution in [3.8, 4) is 0 Å². The summed E-state index contributed by atoms with van der Waals surface area (Å²) in [6.45, 7) is 1.78. The Morgan fingerprint density at radius 3 is 2.62 bits per heavy atom. The lowest BCUT2D eigenvalue weighted by Crippen LogP contribution is -2.22. The number of H-pyrrole nitrogens is 1. The highest BCUT2D eigenvalue weighted by Gasteiger charge is 2.28. The molecule has 0 aliphatic heterocycles. The maximum atomic E-state index is 10.3. The first kappa shape index (κ1) is 15.5. The molecule has 0 radical (unpaired) electrons. The van der Waals surface area contributed by atoms with E-state index in [4.69, 9.17) is 4.98 Å². The first-order valence-electron chi connectivity index (χ1n) is 9.08. The summed E-state index contributed by atoms with van der Waals surface area (Å²) in [6.07, 6.45) is 10.9. The average Bonchev–Trinajstić information content (AvgIpc) is 3.39. The van der Waals surface area contributed by atoms with Gasteiger partial charge in [0.1, 0.15) is 35.7 Å². The van der Waals surface area contributed by atoms with Crippen LogP contribution in [-0.4, -0.2) is 39.4 Å². The predicted octanol–water partition coefficient (Wildman–Crippen LogP) is 2.91. The van der Waals surface area contributed by atoms with Crippen LogP contribution in [0.2, 0.25) is 0 Å². The van der Waals surface area contributed by atoms with Crippen LogP contribution in [0.1, 0.15) is 56.6 Å². The molecular weight excluding hydrogens is 330 g/mol. The van der Waals surface area contributed by atoms with E-state index in [2.05, 4.69) is 29.3 Å². The molecule has 4 heterocycles. The van der Waals surface area contributed by atoms with E-state index in [0.29, 0.717) is 12.1 Å². The Kier molecular flexibility index (Phi) is 3.53. The summed E-state index contributed by atoms with van der Waals surface area (Å²) in [5.74, 6) is 0.725. The molecule has 8 heteroatoms. The van der Waals surface area contributed by atoms with Crippen LogP contribution in [0.5, 0.6) is 0 Å². The maximum absolute atomic E-state index is 10.3. The molecule has 134 valence electrons. The van der Waals surface area contributed by atoms with Gasteiger partial charge in [-0.2, -0.15) is 0 Å². The number of rotatable bonds is 3. The second-order valence-electron chi connectivity index (χ2n) is 7.12. The third-order valence-corrected chi connectivity index (χ3v) is 5.52. The Bertz CT molecular complexity index is 1040. The Morgan fingerprint density at radius 2 is 1.88 bits per heavy atom. The Balaban J connectivity index is 1.57. The van der Waals surface area contributed by atoms with Gasteiger partial charge in [0, 0.05) is 23.7 Å². The monoisotopic (exact) mass is 351 g/mol. The fraction of sp³-hybridized carbons (Fsp3) is 0.444. The largest absolute Gasteiger partial charge is 0.385 e. The van der Waals surface area contributed by atoms with E-state index in [0.717, 1.165) is 53.6 Å². The fourth-order valence-corrected chi connectivity index (χ4v) is 4.29. The zero-order valence-corrected chi connectivity index (χ0v) is 14.6. The highest BCUT2D eigenvalue weighted by Crippen LogP contribution is 2.39. The van der Waals surface area contributed by atoms with Crippen molar-refractivity contribution in [3.63, 3.8) is 0 Å². The van der Waals surface area contributed by atoms with Gasteiger partial charge in [-0.15, -0.1) is 10.2 Å². The Hall–Kier alpha value is -2.74. The van der Waals surface area contributed by atoms with E-state index >= 15 is 0 Å². The van der Waals surface area contributed by atoms with Gasteiger partial charge in [-0.05, 0) is 38.7 Å². The van der Waals surface area contributed by atoms with Gasteiger partial charge in [0.2, 0.25) is 0 Å². The summed E-state index contributed by atoms with van der Waals surface area (Å²) in [5, 5.41) is 19.2. The molecule has 1 aliphatic carbocycles. The number of imidazole rings is 1. The van der Waals surface area contributed by atoms with Crippen LogP contribution in [0, 0.1) is 0 Å². The third kappa shape index (κ3) is 2.33. The highest BCUT2D eigenvalue weighted by atomic mass is 16.3. The molecule has 0 bridgehead atoms. The molecule has 0 aromatic carbocycles. The summed E-state index contributed by atoms with van der Waals surface area (Å²) < 4.78 is 4.35. The molecule has 2 N–H and O–H groups in total. The van der Waals surface area contributed by atoms with Gasteiger partial charge in [0.15, 0.2) is 0 Å². The molecule has 1 fully saturated rings. The molecule has 26 heavy (non-hydrogen) atoms. The standard InChI is InChI=1S/C18H21N7O/c1-11(26)18-23-15-8-20-17-14(6-7-19-17)16(15)25(18)13-4-2-12(3-5-13)24-9-21-22-10-24/h6-13,26H,2-5H2,1H3,(H,19,20)/t11-,12?,13?/m1/s1. The lowest BCUT2D eigenvalue weighted by molar-refractivity contribution is 0.175. The Labute approximate surface area is 149 Å². The zero-order valence-electron chi connectivity index (χ0n) is 14.6. The minimum atomic E-state index is -0.619. The van der Waals surface area contributed by atoms with Crippen molar-refractivity contribution in [2.45, 2.75) is 50.8 Å². The highest BCUT2D eigenvalue weighted by molar-refractivity contribution is 6.01. The van der Waals surface area contributed by atoms with Crippen molar-refractivity contribution in [1.82, 2.24) is 34.3 Å². The fourth-order valence-electron chi connectivity index (χ4n) is 4.29. The Morgan fingerprint density at radius 1 is 1.15 bits per heavy atom. The van der Waals surface area contributed by atoms with Crippen molar-refractivity contribution in [1.29, 1.82) is 0 Å². The van der Waals surface area contributed by atoms with Crippen LogP contribution in [0.25, 0.3) is 22.1 Å². The van der Waals surface area contributed by atoms with E-state index in [9.17, 15) is 5.11 Å². The molecule has 1 aliphatic rings. The van der Waals surface area contributed by atoms with Crippen LogP contribution in [0.3, 0.4) is 0 Å². The molecule has 0 amide bonds. The number of aromatic nitrogens is 7. The molecule has 4 aromatic rings. The van der Waals surface area contributed by atoms with E-state index < -0.39 is 6.10 Å². The molecular formula is C18H21N7O. The maximum Gasteiger partial charge on any atom is 0.139 e. The summed E-state index contributed by atoms with van der Waals surface area (Å²) in [6, 6.07) is 2.80. The molecule has 8 nitrogen and oxygen atoms in total. The number of hydrogen-bond donors (Lipinski definition) is 2. The van der Waals surface area contributed by atoms with Gasteiger partial charge in [-0.25, -0.2) is 9.97 Å². The van der Waals surface area contributed by atoms with E-state index in [-0.39, 0.29) is 0 Å². The second-order valence-corrected chi connectivity index (χ2v) is 7.12. The number of fused-ring (bicyclic) bond motifs is 3. The smallest absolute Gasteiger partial charge is 0.139 e. The summed E-state index contributed by atoms with van der Waals surface area (Å²) in [7, 11) is 0. The van der Waals surface area contributed by atoms with Crippen molar-refractivity contribution in [3.05, 3.63) is 36.9 Å². The summed E-state index contributed by atoms with van der Waals surface area (Å²) in [4.78, 5) is 12.3. The molecule has 0 spiro atoms. The lowest BCUT2D eigenvalue weighted by Gasteiger charge is -2.31. The van der Waals surface area contributed by atoms with Crippen LogP contribution < -0.4 is 0 Å². The number of aliphatic hydroxyl groups is 1. The number of aromatic amines is 1. The van der Waals surface area contributed by atoms with Gasteiger partial charge in [-0.1, -0.05) is 0 Å².